The Bertz CT molecular complexity index is 1610. The highest BCUT2D eigenvalue weighted by molar-refractivity contribution is 6.74. The van der Waals surface area contributed by atoms with Crippen molar-refractivity contribution in [2.45, 2.75) is 76.2 Å². The number of nitrogens with two attached hydrogens (primary N) is 1. The summed E-state index contributed by atoms with van der Waals surface area (Å²) in [5, 5.41) is 9.71. The minimum Gasteiger partial charge on any atom is -0.411 e. The lowest BCUT2D eigenvalue weighted by Crippen LogP contribution is -2.63. The molecule has 1 spiro atoms. The molecule has 0 atom stereocenters. The summed E-state index contributed by atoms with van der Waals surface area (Å²) in [7, 11) is -1.94. The van der Waals surface area contributed by atoms with Gasteiger partial charge >= 0.3 is 0 Å². The van der Waals surface area contributed by atoms with Gasteiger partial charge in [0.1, 0.15) is 17.1 Å². The van der Waals surface area contributed by atoms with E-state index in [0.29, 0.717) is 17.1 Å². The number of aromatic nitrogens is 3. The molecule has 208 valence electrons. The van der Waals surface area contributed by atoms with Gasteiger partial charge in [0, 0.05) is 35.9 Å². The Labute approximate surface area is 237 Å². The van der Waals surface area contributed by atoms with Crippen LogP contribution in [-0.2, 0) is 9.96 Å². The van der Waals surface area contributed by atoms with Crippen LogP contribution in [0.15, 0.2) is 60.7 Å². The van der Waals surface area contributed by atoms with Gasteiger partial charge in [0.15, 0.2) is 8.32 Å². The van der Waals surface area contributed by atoms with Crippen LogP contribution in [0.1, 0.15) is 57.3 Å². The summed E-state index contributed by atoms with van der Waals surface area (Å²) in [6.07, 6.45) is 2.65. The molecule has 0 bridgehead atoms. The monoisotopic (exact) mass is 553 g/mol. The number of anilines is 1. The van der Waals surface area contributed by atoms with E-state index >= 15 is 0 Å². The first-order valence-corrected chi connectivity index (χ1v) is 17.1. The quantitative estimate of drug-likeness (QED) is 0.261. The standard InChI is InChI=1S/C32H39N5O2Si/c1-30(2,3)40(5,6)39-31(4)19-32(20-31)16-17-34-29-26(28(33)38)27(36-37(29)32)23-13-12-22-14-15-24(35-25(22)18-23)21-10-8-7-9-11-21/h7-15,18,34H,16-17,19-20H2,1-6H3,(H2,33,38). The van der Waals surface area contributed by atoms with Crippen molar-refractivity contribution in [2.75, 3.05) is 11.9 Å². The van der Waals surface area contributed by atoms with Crippen molar-refractivity contribution in [1.82, 2.24) is 14.8 Å². The van der Waals surface area contributed by atoms with Crippen LogP contribution in [0.25, 0.3) is 33.4 Å². The number of carbonyl (C=O) groups is 1. The van der Waals surface area contributed by atoms with Crippen LogP contribution in [0.4, 0.5) is 5.82 Å². The largest absolute Gasteiger partial charge is 0.411 e. The number of benzene rings is 2. The molecule has 0 saturated heterocycles. The van der Waals surface area contributed by atoms with Gasteiger partial charge in [-0.05, 0) is 43.6 Å². The molecule has 1 amide bonds. The molecule has 1 saturated carbocycles. The number of primary amides is 1. The second-order valence-electron chi connectivity index (χ2n) is 13.4. The zero-order valence-corrected chi connectivity index (χ0v) is 25.3. The van der Waals surface area contributed by atoms with Crippen molar-refractivity contribution in [3.8, 4) is 22.5 Å². The van der Waals surface area contributed by atoms with Crippen LogP contribution in [0.2, 0.25) is 18.1 Å². The fraction of sp³-hybridized carbons (Fsp3) is 0.406. The zero-order valence-electron chi connectivity index (χ0n) is 24.3. The van der Waals surface area contributed by atoms with Gasteiger partial charge in [0.2, 0.25) is 0 Å². The van der Waals surface area contributed by atoms with Gasteiger partial charge in [-0.3, -0.25) is 4.79 Å². The molecule has 3 N–H and O–H groups in total. The molecule has 1 aliphatic heterocycles. The number of amides is 1. The number of rotatable bonds is 5. The van der Waals surface area contributed by atoms with Gasteiger partial charge in [-0.15, -0.1) is 0 Å². The van der Waals surface area contributed by atoms with E-state index in [1.54, 1.807) is 0 Å². The third-order valence-electron chi connectivity index (χ3n) is 9.21. The van der Waals surface area contributed by atoms with E-state index in [9.17, 15) is 4.79 Å². The number of hydrogen-bond donors (Lipinski definition) is 2. The minimum atomic E-state index is -1.94. The maximum atomic E-state index is 12.9. The van der Waals surface area contributed by atoms with Crippen molar-refractivity contribution in [1.29, 1.82) is 0 Å². The van der Waals surface area contributed by atoms with Gasteiger partial charge in [-0.1, -0.05) is 69.3 Å². The Morgan fingerprint density at radius 1 is 1.05 bits per heavy atom. The predicted molar refractivity (Wildman–Crippen MR) is 164 cm³/mol. The van der Waals surface area contributed by atoms with Crippen molar-refractivity contribution >= 4 is 30.9 Å². The lowest BCUT2D eigenvalue weighted by molar-refractivity contribution is -0.104. The molecule has 0 unspecified atom stereocenters. The first-order valence-electron chi connectivity index (χ1n) is 14.1. The van der Waals surface area contributed by atoms with Crippen molar-refractivity contribution in [3.63, 3.8) is 0 Å². The minimum absolute atomic E-state index is 0.139. The number of pyridine rings is 1. The van der Waals surface area contributed by atoms with Crippen LogP contribution < -0.4 is 11.1 Å². The third kappa shape index (κ3) is 4.34. The van der Waals surface area contributed by atoms with Crippen LogP contribution in [0.3, 0.4) is 0 Å². The highest BCUT2D eigenvalue weighted by Crippen LogP contribution is 2.56. The molecule has 1 aliphatic carbocycles. The topological polar surface area (TPSA) is 95.1 Å². The van der Waals surface area contributed by atoms with Gasteiger partial charge in [0.25, 0.3) is 5.91 Å². The number of hydrogen-bond acceptors (Lipinski definition) is 5. The first kappa shape index (κ1) is 26.7. The molecule has 0 radical (unpaired) electrons. The molecule has 1 fully saturated rings. The highest BCUT2D eigenvalue weighted by atomic mass is 28.4. The molecule has 40 heavy (non-hydrogen) atoms. The zero-order chi connectivity index (χ0) is 28.5. The number of nitrogens with zero attached hydrogens (tertiary/aromatic N) is 3. The molecule has 2 aromatic carbocycles. The summed E-state index contributed by atoms with van der Waals surface area (Å²) in [5.74, 6) is 0.237. The maximum absolute atomic E-state index is 12.9. The molecule has 8 heteroatoms. The Hall–Kier alpha value is -3.49. The van der Waals surface area contributed by atoms with E-state index in [-0.39, 0.29) is 16.2 Å². The average Bonchev–Trinajstić information content (AvgIpc) is 3.28. The maximum Gasteiger partial charge on any atom is 0.254 e. The second-order valence-corrected chi connectivity index (χ2v) is 18.1. The van der Waals surface area contributed by atoms with Gasteiger partial charge < -0.3 is 15.5 Å². The fourth-order valence-electron chi connectivity index (χ4n) is 6.42. The number of fused-ring (bicyclic) bond motifs is 3. The summed E-state index contributed by atoms with van der Waals surface area (Å²) in [6, 6.07) is 20.3. The van der Waals surface area contributed by atoms with Crippen molar-refractivity contribution in [2.24, 2.45) is 5.73 Å². The highest BCUT2D eigenvalue weighted by Gasteiger charge is 2.59. The van der Waals surface area contributed by atoms with Gasteiger partial charge in [-0.25, -0.2) is 9.67 Å². The lowest BCUT2D eigenvalue weighted by atomic mass is 9.63. The van der Waals surface area contributed by atoms with E-state index in [4.69, 9.17) is 20.2 Å². The van der Waals surface area contributed by atoms with Crippen LogP contribution >= 0.6 is 0 Å². The third-order valence-corrected chi connectivity index (χ3v) is 13.8. The summed E-state index contributed by atoms with van der Waals surface area (Å²) in [5.41, 5.74) is 10.3. The van der Waals surface area contributed by atoms with E-state index in [0.717, 1.165) is 53.5 Å². The summed E-state index contributed by atoms with van der Waals surface area (Å²) in [4.78, 5) is 17.8. The summed E-state index contributed by atoms with van der Waals surface area (Å²) >= 11 is 0. The van der Waals surface area contributed by atoms with Crippen molar-refractivity contribution in [3.05, 3.63) is 66.2 Å². The summed E-state index contributed by atoms with van der Waals surface area (Å²) < 4.78 is 8.95. The lowest BCUT2D eigenvalue weighted by Gasteiger charge is -2.59. The Morgan fingerprint density at radius 2 is 1.75 bits per heavy atom. The van der Waals surface area contributed by atoms with Crippen LogP contribution in [0.5, 0.6) is 0 Å². The summed E-state index contributed by atoms with van der Waals surface area (Å²) in [6.45, 7) is 14.5. The van der Waals surface area contributed by atoms with Crippen molar-refractivity contribution < 1.29 is 9.22 Å². The molecular formula is C32H39N5O2Si. The Balaban J connectivity index is 1.39. The molecular weight excluding hydrogens is 514 g/mol. The van der Waals surface area contributed by atoms with E-state index in [1.807, 2.05) is 47.1 Å². The fourth-order valence-corrected chi connectivity index (χ4v) is 8.10. The number of carbonyl (C=O) groups excluding carboxylic acids is 1. The molecule has 6 rings (SSSR count). The molecule has 3 heterocycles. The molecule has 2 aromatic heterocycles. The predicted octanol–water partition coefficient (Wildman–Crippen LogP) is 6.95. The Kier molecular flexibility index (Phi) is 6.02. The van der Waals surface area contributed by atoms with E-state index in [1.165, 1.54) is 0 Å². The van der Waals surface area contributed by atoms with Crippen LogP contribution in [0, 0.1) is 0 Å². The van der Waals surface area contributed by atoms with Gasteiger partial charge in [-0.2, -0.15) is 5.10 Å². The molecule has 7 nitrogen and oxygen atoms in total. The average molecular weight is 554 g/mol. The smallest absolute Gasteiger partial charge is 0.254 e. The first-order chi connectivity index (χ1) is 18.8. The molecule has 2 aliphatic rings. The van der Waals surface area contributed by atoms with Crippen LogP contribution in [-0.4, -0.2) is 41.1 Å². The molecule has 4 aromatic rings. The SMILES string of the molecule is CC1(O[Si](C)(C)C(C)(C)C)CC2(CCNc3c(C(N)=O)c(-c4ccc5ccc(-c6ccccc6)nc5c4)nn32)C1. The van der Waals surface area contributed by atoms with Gasteiger partial charge in [0.05, 0.1) is 22.4 Å². The van der Waals surface area contributed by atoms with E-state index < -0.39 is 14.2 Å². The normalized spacial score (nSPS) is 22.6. The van der Waals surface area contributed by atoms with E-state index in [2.05, 4.69) is 64.3 Å². The number of nitrogens with one attached hydrogen (secondary N) is 1. The Morgan fingerprint density at radius 3 is 2.42 bits per heavy atom. The second kappa shape index (κ2) is 9.01.